The molecule has 2 saturated carbocycles. The topological polar surface area (TPSA) is 9.23 Å². The molecule has 0 bridgehead atoms. The minimum absolute atomic E-state index is 0.219. The fourth-order valence-electron chi connectivity index (χ4n) is 5.09. The fourth-order valence-corrected chi connectivity index (χ4v) is 5.09. The van der Waals surface area contributed by atoms with E-state index < -0.39 is 0 Å². The van der Waals surface area contributed by atoms with Gasteiger partial charge in [0.25, 0.3) is 0 Å². The highest BCUT2D eigenvalue weighted by molar-refractivity contribution is 5.29. The van der Waals surface area contributed by atoms with E-state index in [1.54, 1.807) is 0 Å². The van der Waals surface area contributed by atoms with Crippen LogP contribution in [0.5, 0.6) is 5.75 Å². The highest BCUT2D eigenvalue weighted by atomic mass is 19.1. The number of rotatable bonds is 7. The van der Waals surface area contributed by atoms with Crippen LogP contribution in [0.1, 0.15) is 76.2 Å². The molecule has 1 aromatic rings. The lowest BCUT2D eigenvalue weighted by molar-refractivity contribution is 0.171. The summed E-state index contributed by atoms with van der Waals surface area (Å²) in [4.78, 5) is 0. The van der Waals surface area contributed by atoms with Gasteiger partial charge in [-0.2, -0.15) is 0 Å². The molecule has 26 heavy (non-hydrogen) atoms. The van der Waals surface area contributed by atoms with Gasteiger partial charge in [0, 0.05) is 0 Å². The summed E-state index contributed by atoms with van der Waals surface area (Å²) in [5.74, 6) is 4.30. The average molecular weight is 359 g/mol. The molecule has 0 saturated heterocycles. The van der Waals surface area contributed by atoms with Gasteiger partial charge in [0.2, 0.25) is 0 Å². The molecule has 0 radical (unpaired) electrons. The molecule has 2 heteroatoms. The van der Waals surface area contributed by atoms with Crippen molar-refractivity contribution in [3.8, 4) is 5.75 Å². The Morgan fingerprint density at radius 2 is 1.54 bits per heavy atom. The summed E-state index contributed by atoms with van der Waals surface area (Å²) < 4.78 is 17.8. The number of benzene rings is 1. The molecule has 2 aliphatic carbocycles. The SMILES string of the molecule is CCOc1ccc([C@H]2CC[C@H]([C@H]3CC[C@H](C=CCCF)CC3)CC2)cc1. The normalized spacial score (nSPS) is 29.8. The van der Waals surface area contributed by atoms with E-state index in [2.05, 4.69) is 30.3 Å². The van der Waals surface area contributed by atoms with Crippen LogP contribution in [0.2, 0.25) is 0 Å². The predicted molar refractivity (Wildman–Crippen MR) is 107 cm³/mol. The second-order valence-electron chi connectivity index (χ2n) is 8.19. The predicted octanol–water partition coefficient (Wildman–Crippen LogP) is 7.08. The van der Waals surface area contributed by atoms with Crippen LogP contribution < -0.4 is 4.74 Å². The Hall–Kier alpha value is -1.31. The molecule has 0 atom stereocenters. The molecule has 1 aromatic carbocycles. The van der Waals surface area contributed by atoms with Crippen LogP contribution in [0, 0.1) is 17.8 Å². The van der Waals surface area contributed by atoms with Crippen LogP contribution in [0.3, 0.4) is 0 Å². The van der Waals surface area contributed by atoms with Crippen molar-refractivity contribution in [1.82, 2.24) is 0 Å². The molecule has 0 aromatic heterocycles. The summed E-state index contributed by atoms with van der Waals surface area (Å²) in [5.41, 5.74) is 1.49. The summed E-state index contributed by atoms with van der Waals surface area (Å²) >= 11 is 0. The smallest absolute Gasteiger partial charge is 0.119 e. The molecule has 0 amide bonds. The number of alkyl halides is 1. The maximum absolute atomic E-state index is 12.2. The van der Waals surface area contributed by atoms with Gasteiger partial charge in [-0.1, -0.05) is 24.3 Å². The van der Waals surface area contributed by atoms with Gasteiger partial charge in [-0.05, 0) is 106 Å². The number of allylic oxidation sites excluding steroid dienone is 2. The van der Waals surface area contributed by atoms with Gasteiger partial charge in [0.1, 0.15) is 5.75 Å². The Labute approximate surface area is 159 Å². The Morgan fingerprint density at radius 3 is 2.12 bits per heavy atom. The van der Waals surface area contributed by atoms with E-state index in [1.165, 1.54) is 56.9 Å². The summed E-state index contributed by atoms with van der Waals surface area (Å²) in [6, 6.07) is 8.79. The van der Waals surface area contributed by atoms with Crippen LogP contribution in [0.25, 0.3) is 0 Å². The molecule has 2 fully saturated rings. The Bertz CT molecular complexity index is 534. The van der Waals surface area contributed by atoms with Crippen molar-refractivity contribution in [3.05, 3.63) is 42.0 Å². The molecular weight excluding hydrogens is 323 g/mol. The zero-order valence-electron chi connectivity index (χ0n) is 16.3. The van der Waals surface area contributed by atoms with E-state index in [0.29, 0.717) is 12.3 Å². The highest BCUT2D eigenvalue weighted by Gasteiger charge is 2.30. The molecule has 144 valence electrons. The van der Waals surface area contributed by atoms with E-state index >= 15 is 0 Å². The molecular formula is C24H35FO. The van der Waals surface area contributed by atoms with Crippen molar-refractivity contribution >= 4 is 0 Å². The van der Waals surface area contributed by atoms with Crippen LogP contribution in [0.15, 0.2) is 36.4 Å². The van der Waals surface area contributed by atoms with Crippen molar-refractivity contribution < 1.29 is 9.13 Å². The van der Waals surface area contributed by atoms with Gasteiger partial charge in [-0.25, -0.2) is 0 Å². The minimum Gasteiger partial charge on any atom is -0.494 e. The van der Waals surface area contributed by atoms with Crippen molar-refractivity contribution in [2.45, 2.75) is 70.6 Å². The molecule has 3 rings (SSSR count). The van der Waals surface area contributed by atoms with E-state index in [-0.39, 0.29) is 6.67 Å². The zero-order valence-corrected chi connectivity index (χ0v) is 16.3. The van der Waals surface area contributed by atoms with Crippen molar-refractivity contribution in [3.63, 3.8) is 0 Å². The average Bonchev–Trinajstić information content (AvgIpc) is 2.70. The molecule has 0 N–H and O–H groups in total. The first-order valence-corrected chi connectivity index (χ1v) is 10.8. The van der Waals surface area contributed by atoms with Gasteiger partial charge >= 0.3 is 0 Å². The first-order valence-electron chi connectivity index (χ1n) is 10.8. The quantitative estimate of drug-likeness (QED) is 0.473. The number of halogens is 1. The summed E-state index contributed by atoms with van der Waals surface area (Å²) in [6.07, 6.45) is 15.8. The Morgan fingerprint density at radius 1 is 0.923 bits per heavy atom. The Kier molecular flexibility index (Phi) is 7.58. The maximum atomic E-state index is 12.2. The molecule has 0 unspecified atom stereocenters. The van der Waals surface area contributed by atoms with Crippen LogP contribution in [-0.4, -0.2) is 13.3 Å². The number of hydrogen-bond acceptors (Lipinski definition) is 1. The van der Waals surface area contributed by atoms with E-state index in [9.17, 15) is 4.39 Å². The van der Waals surface area contributed by atoms with Crippen LogP contribution in [0.4, 0.5) is 4.39 Å². The third-order valence-corrected chi connectivity index (χ3v) is 6.60. The van der Waals surface area contributed by atoms with E-state index in [4.69, 9.17) is 4.74 Å². The summed E-state index contributed by atoms with van der Waals surface area (Å²) in [7, 11) is 0. The highest BCUT2D eigenvalue weighted by Crippen LogP contribution is 2.44. The molecule has 0 spiro atoms. The van der Waals surface area contributed by atoms with Crippen molar-refractivity contribution in [1.29, 1.82) is 0 Å². The zero-order chi connectivity index (χ0) is 18.2. The van der Waals surface area contributed by atoms with Crippen molar-refractivity contribution in [2.24, 2.45) is 17.8 Å². The molecule has 0 aliphatic heterocycles. The van der Waals surface area contributed by atoms with Gasteiger partial charge in [-0.15, -0.1) is 0 Å². The number of ether oxygens (including phenoxy) is 1. The monoisotopic (exact) mass is 358 g/mol. The third kappa shape index (κ3) is 5.34. The first kappa shape index (κ1) is 19.5. The first-order chi connectivity index (χ1) is 12.8. The molecule has 2 aliphatic rings. The summed E-state index contributed by atoms with van der Waals surface area (Å²) in [6.45, 7) is 2.55. The molecule has 0 heterocycles. The lowest BCUT2D eigenvalue weighted by Gasteiger charge is -2.37. The standard InChI is InChI=1S/C24H35FO/c1-2-26-24-16-14-23(15-17-24)22-12-10-21(11-13-22)20-8-6-19(7-9-20)5-3-4-18-25/h3,5,14-17,19-22H,2,4,6-13,18H2,1H3/t19-,20-,21-,22-. The molecule has 1 nitrogen and oxygen atoms in total. The van der Waals surface area contributed by atoms with Crippen LogP contribution in [-0.2, 0) is 0 Å². The van der Waals surface area contributed by atoms with E-state index in [1.807, 2.05) is 13.0 Å². The fraction of sp³-hybridized carbons (Fsp3) is 0.667. The largest absolute Gasteiger partial charge is 0.494 e. The second-order valence-corrected chi connectivity index (χ2v) is 8.19. The minimum atomic E-state index is -0.219. The summed E-state index contributed by atoms with van der Waals surface area (Å²) in [5, 5.41) is 0. The van der Waals surface area contributed by atoms with Gasteiger partial charge in [0.05, 0.1) is 13.3 Å². The van der Waals surface area contributed by atoms with E-state index in [0.717, 1.165) is 30.1 Å². The van der Waals surface area contributed by atoms with Crippen molar-refractivity contribution in [2.75, 3.05) is 13.3 Å². The third-order valence-electron chi connectivity index (χ3n) is 6.60. The number of hydrogen-bond donors (Lipinski definition) is 0. The maximum Gasteiger partial charge on any atom is 0.119 e. The van der Waals surface area contributed by atoms with Gasteiger partial charge < -0.3 is 4.74 Å². The second kappa shape index (κ2) is 10.1. The lowest BCUT2D eigenvalue weighted by atomic mass is 9.68. The lowest BCUT2D eigenvalue weighted by Crippen LogP contribution is -2.25. The van der Waals surface area contributed by atoms with Gasteiger partial charge in [-0.3, -0.25) is 4.39 Å². The van der Waals surface area contributed by atoms with Crippen LogP contribution >= 0.6 is 0 Å². The van der Waals surface area contributed by atoms with Gasteiger partial charge in [0.15, 0.2) is 0 Å². The Balaban J connectivity index is 1.42.